The fourth-order valence-corrected chi connectivity index (χ4v) is 11.8. The van der Waals surface area contributed by atoms with E-state index in [0.717, 1.165) is 22.1 Å². The molecule has 6 N–H and O–H groups in total. The highest BCUT2D eigenvalue weighted by molar-refractivity contribution is 7.25. The van der Waals surface area contributed by atoms with Crippen molar-refractivity contribution in [3.05, 3.63) is 511 Å². The third-order valence-corrected chi connectivity index (χ3v) is 17.9. The summed E-state index contributed by atoms with van der Waals surface area (Å²) in [5.41, 5.74) is 7.02. The van der Waals surface area contributed by atoms with Crippen LogP contribution in [0, 0.1) is 0 Å². The van der Waals surface area contributed by atoms with Gasteiger partial charge >= 0.3 is 0 Å². The second-order valence-electron chi connectivity index (χ2n) is 22.5. The number of fused-ring (bicyclic) bond motifs is 5. The van der Waals surface area contributed by atoms with E-state index in [9.17, 15) is 0 Å². The van der Waals surface area contributed by atoms with Crippen molar-refractivity contribution in [2.24, 2.45) is 0 Å². The molecule has 0 aliphatic heterocycles. The SMILES string of the molecule is C.C.C.C.C.C.C.C.C.C.C.C.C.c1c[nH]cn1.c1cc2sccc2s1.c1cc[nH]c1.c1ccc2[nH]ccc2c1.c1ccc2[nH]cnc2c1.c1ccc2nccnc2c1.c1ccc2sccc2c1.c1ccncc1.c1ccncc1.c1ccoc1.c1ccsc1.c1cn[nH]c1.c1cn[nH]n1.c1cnccn1.c1cncnc1.c1cncnc1.c1cnoc1.c1cnsc1.c1cocn1.c1cscn1.c1ncncn1. The van der Waals surface area contributed by atoms with Crippen molar-refractivity contribution in [2.75, 3.05) is 0 Å². The lowest BCUT2D eigenvalue weighted by atomic mass is 10.3. The van der Waals surface area contributed by atoms with Crippen LogP contribution in [0.25, 0.3) is 52.5 Å². The van der Waals surface area contributed by atoms with Gasteiger partial charge in [0.05, 0.1) is 77.5 Å². The van der Waals surface area contributed by atoms with E-state index in [0.29, 0.717) is 0 Å². The van der Waals surface area contributed by atoms with Crippen LogP contribution >= 0.6 is 68.2 Å². The van der Waals surface area contributed by atoms with E-state index >= 15 is 0 Å². The molecule has 0 bridgehead atoms. The Bertz CT molecular complexity index is 4970. The summed E-state index contributed by atoms with van der Waals surface area (Å²) in [4.78, 5) is 75.4. The summed E-state index contributed by atoms with van der Waals surface area (Å²) in [5, 5.41) is 35.8. The van der Waals surface area contributed by atoms with E-state index in [2.05, 4.69) is 230 Å². The molecule has 26 rings (SSSR count). The summed E-state index contributed by atoms with van der Waals surface area (Å²) >= 11 is 10.2. The van der Waals surface area contributed by atoms with E-state index in [-0.39, 0.29) is 96.5 Å². The summed E-state index contributed by atoms with van der Waals surface area (Å²) in [6.07, 6.45) is 64.5. The molecule has 144 heavy (non-hydrogen) atoms. The van der Waals surface area contributed by atoms with Crippen LogP contribution in [-0.4, -0.2) is 140 Å². The number of pyridine rings is 2. The normalized spacial score (nSPS) is 7.97. The molecule has 22 heterocycles. The number of aromatic nitrogens is 28. The number of benzene rings is 4. The number of aromatic amines is 6. The molecule has 22 aromatic heterocycles. The van der Waals surface area contributed by atoms with Crippen molar-refractivity contribution in [3.63, 3.8) is 0 Å². The highest BCUT2D eigenvalue weighted by Crippen LogP contribution is 2.25. The molecule has 0 saturated carbocycles. The topological polar surface area (TPSA) is 418 Å². The highest BCUT2D eigenvalue weighted by atomic mass is 32.1. The van der Waals surface area contributed by atoms with Crippen molar-refractivity contribution in [2.45, 2.75) is 96.5 Å². The molecule has 0 amide bonds. The van der Waals surface area contributed by atoms with Crippen LogP contribution < -0.4 is 0 Å². The minimum absolute atomic E-state index is 0. The van der Waals surface area contributed by atoms with E-state index in [1.807, 2.05) is 186 Å². The average molecular weight is 2060 g/mol. The first kappa shape index (κ1) is 142. The third kappa shape index (κ3) is 81.0. The molecule has 0 spiro atoms. The smallest absolute Gasteiger partial charge is 0.180 e. The van der Waals surface area contributed by atoms with Crippen molar-refractivity contribution < 1.29 is 13.4 Å². The molecule has 0 unspecified atom stereocenters. The van der Waals surface area contributed by atoms with Gasteiger partial charge < -0.3 is 33.3 Å². The van der Waals surface area contributed by atoms with E-state index in [4.69, 9.17) is 0 Å². The third-order valence-electron chi connectivity index (χ3n) is 13.4. The number of nitrogens with zero attached hydrogens (tertiary/aromatic N) is 22. The molecule has 31 nitrogen and oxygen atoms in total. The Morgan fingerprint density at radius 1 is 0.243 bits per heavy atom. The van der Waals surface area contributed by atoms with Crippen LogP contribution in [-0.2, 0) is 0 Å². The predicted molar refractivity (Wildman–Crippen MR) is 612 cm³/mol. The highest BCUT2D eigenvalue weighted by Gasteiger charge is 1.93. The lowest BCUT2D eigenvalue weighted by Gasteiger charge is -1.90. The molecule has 0 fully saturated rings. The maximum Gasteiger partial charge on any atom is 0.180 e. The van der Waals surface area contributed by atoms with Gasteiger partial charge in [0.15, 0.2) is 6.39 Å². The number of furan rings is 1. The van der Waals surface area contributed by atoms with Gasteiger partial charge in [-0.2, -0.15) is 31.8 Å². The van der Waals surface area contributed by atoms with Gasteiger partial charge in [0.2, 0.25) is 0 Å². The van der Waals surface area contributed by atoms with Gasteiger partial charge in [-0.25, -0.2) is 54.2 Å². The van der Waals surface area contributed by atoms with Crippen molar-refractivity contribution in [3.8, 4) is 0 Å². The first-order chi connectivity index (χ1) is 65.3. The molecule has 0 aliphatic rings. The molecule has 0 aliphatic carbocycles. The number of H-pyrrole nitrogens is 6. The quantitative estimate of drug-likeness (QED) is 0.0821. The number of hydrogen-bond donors (Lipinski definition) is 6. The first-order valence-corrected chi connectivity index (χ1v) is 43.9. The Balaban J connectivity index is -0.000000225. The van der Waals surface area contributed by atoms with Crippen LogP contribution in [0.2, 0.25) is 0 Å². The maximum absolute atomic E-state index is 4.58. The standard InChI is InChI=1S/C8H6N2.C8H7N.C8H6S.C7H6N2.C6H4S2.2C5H5N.3C4H4N2.C4H5N.C4H4O.C4H4S.C3H3N3.2C3H4N2.2C3H3NO.2C3H3NS.C2H3N3.13CH4/c1-2-4-8-7(3-1)9-5-6-10-8;2*1-2-4-8-7(3-1)5-6-9-8;1-2-4-7-6(3-1)8-5-9-7;1-3-7-6-2-4-8-5(1)6;2*1-2-4-6-5-3-1;1-2-6-4-3-5-1;2*1-2-5-4-6-3-1;3*1-2-4-5-3-1;1-4-2-6-3-5-1;1-2-5-3-4-1;1-2-4-5-3-1;1-2-5-3-4-1;1-2-4-5-3-1;1-2-5-3-4-1;2*1-2-4-5-3-1;;;;;;;;;;;;;/h1-6H;1-6,9H;1-6H;1-5H,(H,8,9);1-4H;2*1-5H;3*1-4H;1-5H;2*1-4H;1-3H;2*1-3H,(H,4,5);4*1-3H;1-2H,(H,3,4,5);13*1H4. The zero-order valence-electron chi connectivity index (χ0n) is 70.0. The molecule has 26 aromatic rings. The summed E-state index contributed by atoms with van der Waals surface area (Å²) in [5.74, 6) is 0. The number of thiazole rings is 1. The van der Waals surface area contributed by atoms with E-state index < -0.39 is 0 Å². The minimum Gasteiger partial charge on any atom is -0.473 e. The molecule has 0 saturated heterocycles. The minimum atomic E-state index is 0. The Morgan fingerprint density at radius 2 is 0.771 bits per heavy atom. The summed E-state index contributed by atoms with van der Waals surface area (Å²) in [7, 11) is 0. The summed E-state index contributed by atoms with van der Waals surface area (Å²) in [6.45, 7) is 0. The van der Waals surface area contributed by atoms with Gasteiger partial charge in [-0.3, -0.25) is 40.0 Å². The predicted octanol–water partition coefficient (Wildman–Crippen LogP) is 31.3. The average Bonchev–Trinajstić information content (AvgIpc) is 1.20. The number of thiophene rings is 4. The molecule has 0 atom stereocenters. The van der Waals surface area contributed by atoms with Crippen LogP contribution in [0.1, 0.15) is 96.5 Å². The van der Waals surface area contributed by atoms with Crippen LogP contribution in [0.4, 0.5) is 0 Å². The second kappa shape index (κ2) is 110. The zero-order valence-corrected chi connectivity index (χ0v) is 74.9. The van der Waals surface area contributed by atoms with Crippen molar-refractivity contribution in [1.82, 2.24) is 140 Å². The Hall–Kier alpha value is -17.1. The lowest BCUT2D eigenvalue weighted by Crippen LogP contribution is -1.78. The van der Waals surface area contributed by atoms with Gasteiger partial charge in [0.1, 0.15) is 44.2 Å². The first-order valence-electron chi connectivity index (χ1n) is 38.6. The monoisotopic (exact) mass is 2060 g/mol. The van der Waals surface area contributed by atoms with E-state index in [1.165, 1.54) is 92.5 Å². The molecule has 0 radical (unpaired) electrons. The van der Waals surface area contributed by atoms with Crippen LogP contribution in [0.15, 0.2) is 524 Å². The molecule has 4 aromatic carbocycles. The number of rotatable bonds is 0. The van der Waals surface area contributed by atoms with Gasteiger partial charge in [-0.05, 0) is 189 Å². The summed E-state index contributed by atoms with van der Waals surface area (Å²) in [6, 6.07) is 72.9. The number of hydrogen-bond acceptors (Lipinski definition) is 31. The van der Waals surface area contributed by atoms with Gasteiger partial charge in [-0.1, -0.05) is 187 Å². The Morgan fingerprint density at radius 3 is 1.08 bits per heavy atom. The molecular formula is C107H142N28O3S6. The molecule has 37 heteroatoms. The Labute approximate surface area is 874 Å². The number of imidazole rings is 2. The molecule has 764 valence electrons. The second-order valence-corrected chi connectivity index (χ2v) is 27.6. The number of oxazole rings is 1. The number of para-hydroxylation sites is 5. The fourth-order valence-electron chi connectivity index (χ4n) is 8.01. The van der Waals surface area contributed by atoms with Crippen molar-refractivity contribution >= 4 is 121 Å². The molecular weight excluding hydrogens is 1920 g/mol. The van der Waals surface area contributed by atoms with Gasteiger partial charge in [0.25, 0.3) is 0 Å². The largest absolute Gasteiger partial charge is 0.473 e. The Kier molecular flexibility index (Phi) is 108. The van der Waals surface area contributed by atoms with Gasteiger partial charge in [0, 0.05) is 173 Å². The van der Waals surface area contributed by atoms with E-state index in [1.54, 1.807) is 254 Å². The fraction of sp³-hybridized carbons (Fsp3) is 0.121. The number of nitrogens with one attached hydrogen (secondary N) is 6. The van der Waals surface area contributed by atoms with Gasteiger partial charge in [-0.15, -0.1) is 45.3 Å². The summed E-state index contributed by atoms with van der Waals surface area (Å²) < 4.78 is 21.3. The maximum atomic E-state index is 4.58. The van der Waals surface area contributed by atoms with Crippen LogP contribution in [0.3, 0.4) is 0 Å². The van der Waals surface area contributed by atoms with Crippen molar-refractivity contribution in [1.29, 1.82) is 0 Å². The zero-order chi connectivity index (χ0) is 91.3. The van der Waals surface area contributed by atoms with Crippen LogP contribution in [0.5, 0.6) is 0 Å². The lowest BCUT2D eigenvalue weighted by molar-refractivity contribution is 0.420.